The van der Waals surface area contributed by atoms with E-state index in [2.05, 4.69) is 93.0 Å². The van der Waals surface area contributed by atoms with Gasteiger partial charge in [0.25, 0.3) is 0 Å². The van der Waals surface area contributed by atoms with Crippen LogP contribution in [0.3, 0.4) is 0 Å². The summed E-state index contributed by atoms with van der Waals surface area (Å²) in [7, 11) is 0.0800. The molecule has 0 heterocycles. The van der Waals surface area contributed by atoms with Gasteiger partial charge in [0.15, 0.2) is 0 Å². The maximum atomic E-state index is 5.65. The number of benzene rings is 3. The number of rotatable bonds is 6. The zero-order chi connectivity index (χ0) is 28.9. The topological polar surface area (TPSA) is 0 Å². The third-order valence-electron chi connectivity index (χ3n) is 6.75. The summed E-state index contributed by atoms with van der Waals surface area (Å²) in [4.78, 5) is 0. The number of hydrogen-bond acceptors (Lipinski definition) is 0. The third-order valence-corrected chi connectivity index (χ3v) is 13.5. The molecule has 8 heteroatoms. The van der Waals surface area contributed by atoms with Crippen molar-refractivity contribution in [2.45, 2.75) is 75.9 Å². The van der Waals surface area contributed by atoms with Crippen LogP contribution in [0.2, 0.25) is 0 Å². The summed E-state index contributed by atoms with van der Waals surface area (Å²) in [6.07, 6.45) is 2.53. The van der Waals surface area contributed by atoms with Crippen molar-refractivity contribution in [2.75, 3.05) is 13.3 Å². The minimum atomic E-state index is 0. The molecule has 0 aromatic heterocycles. The van der Waals surface area contributed by atoms with Gasteiger partial charge in [0.2, 0.25) is 0 Å². The molecule has 3 aromatic carbocycles. The Hall–Kier alpha value is 0.952. The van der Waals surface area contributed by atoms with Gasteiger partial charge in [-0.2, -0.15) is 0 Å². The predicted molar refractivity (Wildman–Crippen MR) is 191 cm³/mol. The molecule has 3 rings (SSSR count). The molecule has 42 heavy (non-hydrogen) atoms. The van der Waals surface area contributed by atoms with Crippen LogP contribution in [0.4, 0.5) is 0 Å². The predicted octanol–water partition coefficient (Wildman–Crippen LogP) is 4.97. The number of hydrogen-bond donors (Lipinski definition) is 0. The average Bonchev–Trinajstić information content (AvgIpc) is 2.86. The molecule has 226 valence electrons. The molecule has 0 radical (unpaired) electrons. The minimum absolute atomic E-state index is 0. The average molecular weight is 709 g/mol. The fraction of sp³-hybridized carbons (Fsp3) is 0.412. The van der Waals surface area contributed by atoms with Crippen LogP contribution >= 0.6 is 39.0 Å². The maximum Gasteiger partial charge on any atom is 2.00 e. The fourth-order valence-corrected chi connectivity index (χ4v) is 6.34. The standard InChI is InChI=1S/C18H32P2.C8H8Cl2.C8H8.2ClH.2Mg/c1-17(2,3)19(7)13-15-11-9-10-12-16(15)14-20(8)18(4,5)6;9-5-7-3-1-2-4-8(7)6-10;1-7-5-3-4-6-8(7)2;;;;/h9-12H,13-14H2,1-8H3;1-4H,5-6H2;3-6H,1-2H2;2*1H;;/q;;-2;;;2*+2/p-2. The van der Waals surface area contributed by atoms with Gasteiger partial charge in [0.1, 0.15) is 0 Å². The molecule has 0 nitrogen and oxygen atoms in total. The molecule has 0 bridgehead atoms. The third kappa shape index (κ3) is 19.5. The SMILES string of the molecule is CP(Cc1ccccc1CP(C)C(C)(C)C)C(C)(C)C.ClCc1ccccc1CCl.[CH2-]c1ccccc1[CH2-].[Cl-].[Cl-].[Mg+2].[Mg+2]. The Morgan fingerprint density at radius 1 is 0.524 bits per heavy atom. The van der Waals surface area contributed by atoms with Crippen LogP contribution in [0, 0.1) is 13.8 Å². The largest absolute Gasteiger partial charge is 2.00 e. The van der Waals surface area contributed by atoms with E-state index in [1.807, 2.05) is 48.5 Å². The Balaban J connectivity index is -0.000000277. The molecular formula is C34H48Cl4Mg2P2. The van der Waals surface area contributed by atoms with Gasteiger partial charge in [-0.3, -0.25) is 25.0 Å². The first-order chi connectivity index (χ1) is 17.7. The second kappa shape index (κ2) is 25.1. The van der Waals surface area contributed by atoms with Gasteiger partial charge in [-0.25, -0.2) is 12.1 Å². The summed E-state index contributed by atoms with van der Waals surface area (Å²) >= 11 is 11.3. The van der Waals surface area contributed by atoms with Crippen LogP contribution in [0.5, 0.6) is 0 Å². The Bertz CT molecular complexity index is 1010. The molecule has 0 aliphatic rings. The fourth-order valence-electron chi connectivity index (χ4n) is 3.23. The van der Waals surface area contributed by atoms with E-state index < -0.39 is 0 Å². The molecule has 0 spiro atoms. The zero-order valence-corrected chi connectivity index (χ0v) is 34.6. The van der Waals surface area contributed by atoms with E-state index in [9.17, 15) is 0 Å². The summed E-state index contributed by atoms with van der Waals surface area (Å²) in [5.41, 5.74) is 7.45. The first-order valence-electron chi connectivity index (χ1n) is 13.1. The second-order valence-electron chi connectivity index (χ2n) is 11.6. The van der Waals surface area contributed by atoms with Crippen molar-refractivity contribution in [3.05, 3.63) is 120 Å². The molecule has 0 aliphatic carbocycles. The quantitative estimate of drug-likeness (QED) is 0.147. The molecule has 3 aromatic rings. The molecule has 0 fully saturated rings. The Kier molecular flexibility index (Phi) is 29.8. The summed E-state index contributed by atoms with van der Waals surface area (Å²) in [5, 5.41) is 0.896. The summed E-state index contributed by atoms with van der Waals surface area (Å²) in [5.74, 6) is 1.09. The van der Waals surface area contributed by atoms with Gasteiger partial charge in [-0.1, -0.05) is 106 Å². The second-order valence-corrected chi connectivity index (χ2v) is 18.3. The Morgan fingerprint density at radius 3 is 0.976 bits per heavy atom. The van der Waals surface area contributed by atoms with E-state index in [1.54, 1.807) is 11.1 Å². The molecule has 0 saturated heterocycles. The Labute approximate surface area is 316 Å². The molecule has 0 N–H and O–H groups in total. The van der Waals surface area contributed by atoms with Crippen LogP contribution in [0.1, 0.15) is 74.9 Å². The maximum absolute atomic E-state index is 5.65. The van der Waals surface area contributed by atoms with Gasteiger partial charge in [0, 0.05) is 11.8 Å². The summed E-state index contributed by atoms with van der Waals surface area (Å²) in [6, 6.07) is 24.8. The molecule has 2 unspecified atom stereocenters. The van der Waals surface area contributed by atoms with Crippen molar-refractivity contribution < 1.29 is 24.8 Å². The summed E-state index contributed by atoms with van der Waals surface area (Å²) in [6.45, 7) is 26.7. The van der Waals surface area contributed by atoms with Crippen molar-refractivity contribution >= 4 is 85.2 Å². The van der Waals surface area contributed by atoms with E-state index >= 15 is 0 Å². The van der Waals surface area contributed by atoms with Gasteiger partial charge in [-0.05, 0) is 58.2 Å². The zero-order valence-electron chi connectivity index (χ0n) is 27.0. The van der Waals surface area contributed by atoms with Crippen molar-refractivity contribution in [2.24, 2.45) is 0 Å². The van der Waals surface area contributed by atoms with E-state index in [0.29, 0.717) is 22.1 Å². The van der Waals surface area contributed by atoms with E-state index in [-0.39, 0.29) is 86.8 Å². The van der Waals surface area contributed by atoms with Crippen LogP contribution in [0.25, 0.3) is 0 Å². The van der Waals surface area contributed by atoms with E-state index in [0.717, 1.165) is 22.3 Å². The van der Waals surface area contributed by atoms with Crippen LogP contribution in [-0.2, 0) is 24.1 Å². The van der Waals surface area contributed by atoms with Gasteiger partial charge < -0.3 is 24.8 Å². The molecule has 0 aliphatic heterocycles. The van der Waals surface area contributed by atoms with E-state index in [4.69, 9.17) is 23.2 Å². The van der Waals surface area contributed by atoms with E-state index in [1.165, 1.54) is 12.3 Å². The molecular weight excluding hydrogens is 661 g/mol. The van der Waals surface area contributed by atoms with Crippen molar-refractivity contribution in [1.29, 1.82) is 0 Å². The number of alkyl halides is 2. The monoisotopic (exact) mass is 706 g/mol. The van der Waals surface area contributed by atoms with Crippen LogP contribution in [0.15, 0.2) is 72.8 Å². The number of halogens is 4. The first kappa shape index (κ1) is 49.8. The summed E-state index contributed by atoms with van der Waals surface area (Å²) < 4.78 is 0. The smallest absolute Gasteiger partial charge is 1.00 e. The minimum Gasteiger partial charge on any atom is -1.00 e. The van der Waals surface area contributed by atoms with Crippen LogP contribution < -0.4 is 24.8 Å². The normalized spacial score (nSPS) is 11.7. The first-order valence-corrected chi connectivity index (χ1v) is 18.1. The van der Waals surface area contributed by atoms with Crippen molar-refractivity contribution in [3.63, 3.8) is 0 Å². The van der Waals surface area contributed by atoms with Crippen LogP contribution in [-0.4, -0.2) is 69.7 Å². The van der Waals surface area contributed by atoms with Gasteiger partial charge >= 0.3 is 46.1 Å². The molecule has 2 atom stereocenters. The van der Waals surface area contributed by atoms with Gasteiger partial charge in [0.05, 0.1) is 0 Å². The van der Waals surface area contributed by atoms with Crippen molar-refractivity contribution in [1.82, 2.24) is 0 Å². The van der Waals surface area contributed by atoms with Crippen molar-refractivity contribution in [3.8, 4) is 0 Å². The molecule has 0 saturated carbocycles. The van der Waals surface area contributed by atoms with Gasteiger partial charge in [-0.15, -0.1) is 35.3 Å². The molecule has 0 amide bonds. The Morgan fingerprint density at radius 2 is 0.762 bits per heavy atom.